The van der Waals surface area contributed by atoms with Crippen LogP contribution in [0.15, 0.2) is 36.4 Å². The van der Waals surface area contributed by atoms with E-state index in [2.05, 4.69) is 0 Å². The molecular formula is C21H30O7. The molecule has 2 aromatic rings. The molecule has 2 rings (SSSR count). The van der Waals surface area contributed by atoms with Gasteiger partial charge in [-0.2, -0.15) is 0 Å². The first-order valence-electron chi connectivity index (χ1n) is 7.11. The Hall–Kier alpha value is -3.35. The number of phenolic OH excluding ortho intramolecular Hbond substituents is 1. The highest BCUT2D eigenvalue weighted by Crippen LogP contribution is 2.22. The highest BCUT2D eigenvalue weighted by molar-refractivity contribution is 5.80. The number of hydrogen-bond donors (Lipinski definition) is 1. The lowest BCUT2D eigenvalue weighted by Gasteiger charge is -2.06. The Morgan fingerprint density at radius 2 is 1.32 bits per heavy atom. The molecule has 0 radical (unpaired) electrons. The van der Waals surface area contributed by atoms with Crippen LogP contribution in [0.25, 0.3) is 0 Å². The van der Waals surface area contributed by atoms with Crippen LogP contribution in [0.4, 0.5) is 0 Å². The first-order chi connectivity index (χ1) is 12.1. The normalized spacial score (nSPS) is 8.21. The topological polar surface area (TPSA) is 99.1 Å². The third-order valence-electron chi connectivity index (χ3n) is 3.01. The van der Waals surface area contributed by atoms with Crippen LogP contribution in [0, 0.1) is 0 Å². The zero-order valence-corrected chi connectivity index (χ0v) is 13.8. The summed E-state index contributed by atoms with van der Waals surface area (Å²) in [6.07, 6.45) is 1.86. The molecule has 7 nitrogen and oxygen atoms in total. The van der Waals surface area contributed by atoms with Crippen molar-refractivity contribution < 1.29 is 33.7 Å². The van der Waals surface area contributed by atoms with E-state index in [4.69, 9.17) is 19.3 Å². The second-order valence-electron chi connectivity index (χ2n) is 4.54. The summed E-state index contributed by atoms with van der Waals surface area (Å²) in [5, 5.41) is 9.04. The number of benzene rings is 2. The van der Waals surface area contributed by atoms with Gasteiger partial charge in [0, 0.05) is 0 Å². The molecule has 0 saturated heterocycles. The first-order valence-corrected chi connectivity index (χ1v) is 7.11. The fraction of sp³-hybridized carbons (Fsp3) is 0.286. The molecule has 0 saturated carbocycles. The molecule has 0 amide bonds. The van der Waals surface area contributed by atoms with E-state index in [0.29, 0.717) is 41.7 Å². The van der Waals surface area contributed by atoms with Gasteiger partial charge < -0.3 is 19.3 Å². The van der Waals surface area contributed by atoms with Crippen molar-refractivity contribution in [3.8, 4) is 23.0 Å². The third-order valence-corrected chi connectivity index (χ3v) is 3.01. The highest BCUT2D eigenvalue weighted by atomic mass is 16.5. The molecule has 0 fully saturated rings. The summed E-state index contributed by atoms with van der Waals surface area (Å²) >= 11 is 0. The molecule has 2 aromatic carbocycles. The van der Waals surface area contributed by atoms with Crippen LogP contribution in [0.5, 0.6) is 23.0 Å². The van der Waals surface area contributed by atoms with Gasteiger partial charge in [-0.15, -0.1) is 0 Å². The van der Waals surface area contributed by atoms with Crippen LogP contribution in [-0.4, -0.2) is 44.8 Å². The van der Waals surface area contributed by atoms with Gasteiger partial charge in [0.15, 0.2) is 18.9 Å². The van der Waals surface area contributed by atoms with Crippen LogP contribution >= 0.6 is 0 Å². The van der Waals surface area contributed by atoms with Gasteiger partial charge in [-0.3, -0.25) is 14.4 Å². The summed E-state index contributed by atoms with van der Waals surface area (Å²) in [6.45, 7) is -0.0623. The predicted molar refractivity (Wildman–Crippen MR) is 110 cm³/mol. The van der Waals surface area contributed by atoms with Crippen LogP contribution in [-0.2, 0) is 4.79 Å². The molecule has 0 atom stereocenters. The summed E-state index contributed by atoms with van der Waals surface area (Å²) in [4.78, 5) is 31.0. The number of aromatic hydroxyl groups is 1. The van der Waals surface area contributed by atoms with E-state index in [-0.39, 0.29) is 40.2 Å². The van der Waals surface area contributed by atoms with Crippen molar-refractivity contribution in [2.75, 3.05) is 20.8 Å². The molecule has 28 heavy (non-hydrogen) atoms. The quantitative estimate of drug-likeness (QED) is 0.702. The van der Waals surface area contributed by atoms with E-state index < -0.39 is 0 Å². The van der Waals surface area contributed by atoms with E-state index in [9.17, 15) is 14.4 Å². The van der Waals surface area contributed by atoms with Crippen LogP contribution in [0.1, 0.15) is 43.0 Å². The Morgan fingerprint density at radius 3 is 1.79 bits per heavy atom. The lowest BCUT2D eigenvalue weighted by atomic mass is 10.2. The van der Waals surface area contributed by atoms with Gasteiger partial charge in [0.05, 0.1) is 25.3 Å². The summed E-state index contributed by atoms with van der Waals surface area (Å²) in [5.74, 6) is 1.49. The molecule has 0 spiro atoms. The standard InChI is InChI=1S/C10H10O4.C8H8O3.3CH4/c1-13-9-2-3-10(14-5-4-11)8(6-9)7-12;1-11-7-2-3-8(10)6(4-7)5-9;;;/h2-4,6-7H,5H2,1H3;2-5,10H,1H3;3*1H4. The number of carbonyl (C=O) groups is 3. The molecule has 7 heteroatoms. The van der Waals surface area contributed by atoms with Gasteiger partial charge in [0.2, 0.25) is 0 Å². The Morgan fingerprint density at radius 1 is 0.821 bits per heavy atom. The van der Waals surface area contributed by atoms with E-state index >= 15 is 0 Å². The van der Waals surface area contributed by atoms with Crippen molar-refractivity contribution in [2.24, 2.45) is 0 Å². The van der Waals surface area contributed by atoms with Gasteiger partial charge in [-0.05, 0) is 36.4 Å². The van der Waals surface area contributed by atoms with Crippen molar-refractivity contribution in [1.82, 2.24) is 0 Å². The summed E-state index contributed by atoms with van der Waals surface area (Å²) < 4.78 is 14.8. The van der Waals surface area contributed by atoms with Gasteiger partial charge in [0.25, 0.3) is 0 Å². The Labute approximate surface area is 166 Å². The Bertz CT molecular complexity index is 727. The fourth-order valence-corrected chi connectivity index (χ4v) is 1.75. The first kappa shape index (κ1) is 29.4. The lowest BCUT2D eigenvalue weighted by Crippen LogP contribution is -2.00. The van der Waals surface area contributed by atoms with Crippen molar-refractivity contribution in [3.63, 3.8) is 0 Å². The second kappa shape index (κ2) is 15.9. The molecule has 156 valence electrons. The van der Waals surface area contributed by atoms with Gasteiger partial charge in [-0.25, -0.2) is 0 Å². The average molecular weight is 394 g/mol. The third kappa shape index (κ3) is 8.84. The van der Waals surface area contributed by atoms with Crippen molar-refractivity contribution in [3.05, 3.63) is 47.5 Å². The lowest BCUT2D eigenvalue weighted by molar-refractivity contribution is -0.109. The summed E-state index contributed by atoms with van der Waals surface area (Å²) in [7, 11) is 3.01. The maximum atomic E-state index is 10.6. The number of hydrogen-bond acceptors (Lipinski definition) is 7. The van der Waals surface area contributed by atoms with Crippen LogP contribution in [0.3, 0.4) is 0 Å². The van der Waals surface area contributed by atoms with Gasteiger partial charge >= 0.3 is 0 Å². The van der Waals surface area contributed by atoms with Crippen molar-refractivity contribution in [1.29, 1.82) is 0 Å². The number of phenols is 1. The van der Waals surface area contributed by atoms with E-state index in [1.54, 1.807) is 24.3 Å². The van der Waals surface area contributed by atoms with E-state index in [1.165, 1.54) is 26.4 Å². The molecule has 0 aliphatic carbocycles. The minimum Gasteiger partial charge on any atom is -0.507 e. The van der Waals surface area contributed by atoms with Crippen molar-refractivity contribution in [2.45, 2.75) is 22.3 Å². The second-order valence-corrected chi connectivity index (χ2v) is 4.54. The number of rotatable bonds is 7. The van der Waals surface area contributed by atoms with E-state index in [0.717, 1.165) is 0 Å². The monoisotopic (exact) mass is 394 g/mol. The SMILES string of the molecule is C.C.C.COc1ccc(O)c(C=O)c1.COc1ccc(OCC=O)c(C=O)c1. The maximum absolute atomic E-state index is 10.6. The smallest absolute Gasteiger partial charge is 0.157 e. The van der Waals surface area contributed by atoms with Gasteiger partial charge in [-0.1, -0.05) is 22.3 Å². The highest BCUT2D eigenvalue weighted by Gasteiger charge is 2.04. The number of ether oxygens (including phenoxy) is 3. The number of carbonyl (C=O) groups excluding carboxylic acids is 3. The van der Waals surface area contributed by atoms with E-state index in [1.807, 2.05) is 0 Å². The molecule has 1 N–H and O–H groups in total. The summed E-state index contributed by atoms with van der Waals surface area (Å²) in [6, 6.07) is 9.28. The zero-order valence-electron chi connectivity index (χ0n) is 13.8. The fourth-order valence-electron chi connectivity index (χ4n) is 1.75. The van der Waals surface area contributed by atoms with Crippen LogP contribution in [0.2, 0.25) is 0 Å². The number of aldehydes is 3. The van der Waals surface area contributed by atoms with Crippen LogP contribution < -0.4 is 14.2 Å². The molecule has 0 unspecified atom stereocenters. The molecule has 0 bridgehead atoms. The maximum Gasteiger partial charge on any atom is 0.157 e. The largest absolute Gasteiger partial charge is 0.507 e. The minimum atomic E-state index is -0.0623. The Balaban J connectivity index is -0.000000412. The predicted octanol–water partition coefficient (Wildman–Crippen LogP) is 4.21. The number of methoxy groups -OCH3 is 2. The average Bonchev–Trinajstić information content (AvgIpc) is 2.67. The molecule has 0 aromatic heterocycles. The molecule has 0 heterocycles. The molecule has 0 aliphatic heterocycles. The molecule has 0 aliphatic rings. The minimum absolute atomic E-state index is 0. The molecular weight excluding hydrogens is 364 g/mol. The summed E-state index contributed by atoms with van der Waals surface area (Å²) in [5.41, 5.74) is 0.607. The zero-order chi connectivity index (χ0) is 18.7. The van der Waals surface area contributed by atoms with Gasteiger partial charge in [0.1, 0.15) is 29.6 Å². The Kier molecular flexibility index (Phi) is 16.7. The van der Waals surface area contributed by atoms with Crippen molar-refractivity contribution >= 4 is 18.9 Å².